The van der Waals surface area contributed by atoms with Crippen molar-refractivity contribution in [1.29, 1.82) is 5.26 Å². The van der Waals surface area contributed by atoms with E-state index >= 15 is 0 Å². The Morgan fingerprint density at radius 3 is 2.31 bits per heavy atom. The first-order valence-corrected chi connectivity index (χ1v) is 3.77. The van der Waals surface area contributed by atoms with Crippen LogP contribution >= 0.6 is 0 Å². The maximum absolute atomic E-state index is 8.53. The lowest BCUT2D eigenvalue weighted by Gasteiger charge is -1.94. The minimum Gasteiger partial charge on any atom is -0.365 e. The number of aliphatic hydroxyl groups is 2. The fourth-order valence-corrected chi connectivity index (χ4v) is 0.866. The molecule has 0 bridgehead atoms. The lowest BCUT2D eigenvalue weighted by molar-refractivity contribution is 0.00304. The van der Waals surface area contributed by atoms with Crippen LogP contribution in [-0.2, 0) is 0 Å². The summed E-state index contributed by atoms with van der Waals surface area (Å²) in [5.74, 6) is 0. The highest BCUT2D eigenvalue weighted by atomic mass is 16.5. The predicted molar refractivity (Wildman–Crippen MR) is 48.4 cm³/mol. The Balaban J connectivity index is 2.76. The molecule has 0 aliphatic carbocycles. The number of nitriles is 1. The molecule has 0 aliphatic rings. The number of hydrogen-bond donors (Lipinski definition) is 2. The summed E-state index contributed by atoms with van der Waals surface area (Å²) in [4.78, 5) is 0. The Kier molecular flexibility index (Phi) is 3.21. The summed E-state index contributed by atoms with van der Waals surface area (Å²) < 4.78 is 0. The molecule has 0 amide bonds. The molecule has 0 saturated heterocycles. The van der Waals surface area contributed by atoms with Gasteiger partial charge in [0.15, 0.2) is 6.29 Å². The zero-order valence-electron chi connectivity index (χ0n) is 6.88. The van der Waals surface area contributed by atoms with Crippen molar-refractivity contribution in [2.45, 2.75) is 6.29 Å². The molecule has 0 aromatic heterocycles. The summed E-state index contributed by atoms with van der Waals surface area (Å²) in [5, 5.41) is 25.6. The molecular weight excluding hydrogens is 166 g/mol. The quantitative estimate of drug-likeness (QED) is 0.656. The van der Waals surface area contributed by atoms with Crippen molar-refractivity contribution in [2.24, 2.45) is 0 Å². The van der Waals surface area contributed by atoms with E-state index in [1.807, 2.05) is 6.07 Å². The van der Waals surface area contributed by atoms with E-state index in [0.29, 0.717) is 5.56 Å². The zero-order valence-corrected chi connectivity index (χ0v) is 6.88. The van der Waals surface area contributed by atoms with Crippen molar-refractivity contribution >= 4 is 6.08 Å². The molecule has 0 saturated carbocycles. The number of benzene rings is 1. The first-order chi connectivity index (χ1) is 6.22. The average Bonchev–Trinajstić information content (AvgIpc) is 2.15. The molecular formula is C10H9NO2. The van der Waals surface area contributed by atoms with Gasteiger partial charge in [-0.1, -0.05) is 18.2 Å². The Morgan fingerprint density at radius 1 is 1.23 bits per heavy atom. The third-order valence-corrected chi connectivity index (χ3v) is 1.50. The van der Waals surface area contributed by atoms with Gasteiger partial charge in [0.2, 0.25) is 0 Å². The van der Waals surface area contributed by atoms with Crippen molar-refractivity contribution in [1.82, 2.24) is 0 Å². The molecule has 0 unspecified atom stereocenters. The van der Waals surface area contributed by atoms with Crippen LogP contribution in [0.25, 0.3) is 6.08 Å². The van der Waals surface area contributed by atoms with E-state index < -0.39 is 6.29 Å². The van der Waals surface area contributed by atoms with Crippen LogP contribution < -0.4 is 0 Å². The maximum atomic E-state index is 8.53. The normalized spacial score (nSPS) is 10.6. The molecule has 2 N–H and O–H groups in total. The van der Waals surface area contributed by atoms with Crippen LogP contribution in [0.2, 0.25) is 0 Å². The summed E-state index contributed by atoms with van der Waals surface area (Å²) in [6.07, 6.45) is 1.39. The average molecular weight is 175 g/mol. The van der Waals surface area contributed by atoms with Crippen LogP contribution in [0.1, 0.15) is 11.1 Å². The van der Waals surface area contributed by atoms with Crippen LogP contribution in [0, 0.1) is 11.3 Å². The Labute approximate surface area is 76.2 Å². The number of rotatable bonds is 2. The lowest BCUT2D eigenvalue weighted by atomic mass is 10.1. The SMILES string of the molecule is N#Cc1ccc(/C=C/C(O)O)cc1. The van der Waals surface area contributed by atoms with Gasteiger partial charge in [-0.15, -0.1) is 0 Å². The second-order valence-electron chi connectivity index (χ2n) is 2.51. The van der Waals surface area contributed by atoms with E-state index in [1.54, 1.807) is 30.3 Å². The highest BCUT2D eigenvalue weighted by Crippen LogP contribution is 2.05. The van der Waals surface area contributed by atoms with Crippen molar-refractivity contribution < 1.29 is 10.2 Å². The molecule has 1 aromatic carbocycles. The van der Waals surface area contributed by atoms with Gasteiger partial charge in [-0.2, -0.15) is 5.26 Å². The van der Waals surface area contributed by atoms with Gasteiger partial charge in [0.25, 0.3) is 0 Å². The van der Waals surface area contributed by atoms with Crippen molar-refractivity contribution in [3.63, 3.8) is 0 Å². The first kappa shape index (κ1) is 9.46. The van der Waals surface area contributed by atoms with Crippen LogP contribution in [-0.4, -0.2) is 16.5 Å². The molecule has 3 nitrogen and oxygen atoms in total. The first-order valence-electron chi connectivity index (χ1n) is 3.77. The van der Waals surface area contributed by atoms with Gasteiger partial charge >= 0.3 is 0 Å². The Morgan fingerprint density at radius 2 is 1.85 bits per heavy atom. The van der Waals surface area contributed by atoms with Crippen molar-refractivity contribution in [3.05, 3.63) is 41.5 Å². The summed E-state index contributed by atoms with van der Waals surface area (Å²) in [6.45, 7) is 0. The largest absolute Gasteiger partial charge is 0.365 e. The number of hydrogen-bond acceptors (Lipinski definition) is 3. The monoisotopic (exact) mass is 175 g/mol. The minimum absolute atomic E-state index is 0.585. The predicted octanol–water partition coefficient (Wildman–Crippen LogP) is 0.882. The standard InChI is InChI=1S/C10H9NO2/c11-7-9-3-1-8(2-4-9)5-6-10(12)13/h1-6,10,12-13H/b6-5+. The van der Waals surface area contributed by atoms with Gasteiger partial charge in [-0.05, 0) is 23.8 Å². The molecule has 0 heterocycles. The summed E-state index contributed by atoms with van der Waals surface area (Å²) in [6, 6.07) is 8.80. The van der Waals surface area contributed by atoms with E-state index in [0.717, 1.165) is 5.56 Å². The third-order valence-electron chi connectivity index (χ3n) is 1.50. The summed E-state index contributed by atoms with van der Waals surface area (Å²) in [7, 11) is 0. The molecule has 1 aromatic rings. The van der Waals surface area contributed by atoms with Crippen LogP contribution in [0.15, 0.2) is 30.3 Å². The lowest BCUT2D eigenvalue weighted by Crippen LogP contribution is -1.96. The molecule has 0 spiro atoms. The second kappa shape index (κ2) is 4.41. The molecule has 0 radical (unpaired) electrons. The molecule has 3 heteroatoms. The molecule has 0 aliphatic heterocycles. The van der Waals surface area contributed by atoms with Crippen molar-refractivity contribution in [3.8, 4) is 6.07 Å². The van der Waals surface area contributed by atoms with Crippen LogP contribution in [0.4, 0.5) is 0 Å². The molecule has 1 rings (SSSR count). The smallest absolute Gasteiger partial charge is 0.171 e. The van der Waals surface area contributed by atoms with E-state index in [4.69, 9.17) is 15.5 Å². The van der Waals surface area contributed by atoms with Crippen molar-refractivity contribution in [2.75, 3.05) is 0 Å². The van der Waals surface area contributed by atoms with Gasteiger partial charge in [-0.25, -0.2) is 0 Å². The Hall–Kier alpha value is -1.63. The number of aliphatic hydroxyl groups excluding tert-OH is 1. The highest BCUT2D eigenvalue weighted by Gasteiger charge is 1.90. The fourth-order valence-electron chi connectivity index (χ4n) is 0.866. The molecule has 66 valence electrons. The van der Waals surface area contributed by atoms with Gasteiger partial charge in [-0.3, -0.25) is 0 Å². The third kappa shape index (κ3) is 3.08. The van der Waals surface area contributed by atoms with Gasteiger partial charge in [0.1, 0.15) is 0 Å². The summed E-state index contributed by atoms with van der Waals surface area (Å²) in [5.41, 5.74) is 1.41. The Bertz CT molecular complexity index is 333. The molecule has 13 heavy (non-hydrogen) atoms. The van der Waals surface area contributed by atoms with E-state index in [9.17, 15) is 0 Å². The van der Waals surface area contributed by atoms with Gasteiger partial charge < -0.3 is 10.2 Å². The fraction of sp³-hybridized carbons (Fsp3) is 0.100. The van der Waals surface area contributed by atoms with E-state index in [-0.39, 0.29) is 0 Å². The topological polar surface area (TPSA) is 64.2 Å². The van der Waals surface area contributed by atoms with E-state index in [2.05, 4.69) is 0 Å². The second-order valence-corrected chi connectivity index (χ2v) is 2.51. The number of nitrogens with zero attached hydrogens (tertiary/aromatic N) is 1. The summed E-state index contributed by atoms with van der Waals surface area (Å²) >= 11 is 0. The van der Waals surface area contributed by atoms with E-state index in [1.165, 1.54) is 6.08 Å². The van der Waals surface area contributed by atoms with Gasteiger partial charge in [0.05, 0.1) is 11.6 Å². The highest BCUT2D eigenvalue weighted by molar-refractivity contribution is 5.51. The maximum Gasteiger partial charge on any atom is 0.171 e. The molecule has 0 fully saturated rings. The minimum atomic E-state index is -1.43. The van der Waals surface area contributed by atoms with Gasteiger partial charge in [0, 0.05) is 0 Å². The molecule has 0 atom stereocenters. The zero-order chi connectivity index (χ0) is 9.68. The van der Waals surface area contributed by atoms with Crippen LogP contribution in [0.5, 0.6) is 0 Å². The van der Waals surface area contributed by atoms with Crippen LogP contribution in [0.3, 0.4) is 0 Å².